The fourth-order valence-electron chi connectivity index (χ4n) is 4.22. The van der Waals surface area contributed by atoms with E-state index < -0.39 is 0 Å². The summed E-state index contributed by atoms with van der Waals surface area (Å²) in [5, 5.41) is 3.20. The Kier molecular flexibility index (Phi) is 6.14. The Morgan fingerprint density at radius 1 is 1.22 bits per heavy atom. The second-order valence-corrected chi connectivity index (χ2v) is 8.51. The van der Waals surface area contributed by atoms with E-state index in [1.54, 1.807) is 0 Å². The smallest absolute Gasteiger partial charge is 0.234 e. The van der Waals surface area contributed by atoms with Crippen LogP contribution in [0.3, 0.4) is 0 Å². The van der Waals surface area contributed by atoms with Crippen LogP contribution in [-0.2, 0) is 19.0 Å². The first kappa shape index (κ1) is 19.3. The molecule has 3 fully saturated rings. The van der Waals surface area contributed by atoms with E-state index in [4.69, 9.17) is 14.2 Å². The lowest BCUT2D eigenvalue weighted by molar-refractivity contribution is -0.180. The zero-order chi connectivity index (χ0) is 18.7. The largest absolute Gasteiger partial charge is 0.371 e. The lowest BCUT2D eigenvalue weighted by Crippen LogP contribution is -2.48. The summed E-state index contributed by atoms with van der Waals surface area (Å²) in [6.45, 7) is 3.96. The van der Waals surface area contributed by atoms with Crippen LogP contribution in [0.5, 0.6) is 0 Å². The van der Waals surface area contributed by atoms with Crippen molar-refractivity contribution in [1.82, 2.24) is 10.2 Å². The Morgan fingerprint density at radius 3 is 2.74 bits per heavy atom. The van der Waals surface area contributed by atoms with Crippen LogP contribution < -0.4 is 5.32 Å². The average Bonchev–Trinajstić information content (AvgIpc) is 3.12. The van der Waals surface area contributed by atoms with Crippen molar-refractivity contribution in [2.75, 3.05) is 39.5 Å². The number of benzene rings is 1. The van der Waals surface area contributed by atoms with Crippen molar-refractivity contribution in [3.8, 4) is 0 Å². The summed E-state index contributed by atoms with van der Waals surface area (Å²) in [5.41, 5.74) is 1.14. The molecule has 1 unspecified atom stereocenters. The molecule has 1 aliphatic carbocycles. The molecule has 2 heterocycles. The van der Waals surface area contributed by atoms with Crippen molar-refractivity contribution < 1.29 is 19.0 Å². The second-order valence-electron chi connectivity index (χ2n) is 7.60. The van der Waals surface area contributed by atoms with Gasteiger partial charge >= 0.3 is 0 Å². The fourth-order valence-corrected chi connectivity index (χ4v) is 4.64. The summed E-state index contributed by atoms with van der Waals surface area (Å²) in [6, 6.07) is 8.40. The van der Waals surface area contributed by atoms with E-state index in [0.29, 0.717) is 26.4 Å². The number of nitrogens with one attached hydrogen (secondary N) is 1. The van der Waals surface area contributed by atoms with Gasteiger partial charge in [-0.2, -0.15) is 0 Å². The first-order valence-electron chi connectivity index (χ1n) is 9.79. The summed E-state index contributed by atoms with van der Waals surface area (Å²) in [5.74, 6) is -0.276. The minimum absolute atomic E-state index is 0.00949. The number of ether oxygens (including phenoxy) is 3. The number of rotatable bonds is 4. The summed E-state index contributed by atoms with van der Waals surface area (Å²) in [4.78, 5) is 14.7. The topological polar surface area (TPSA) is 60.0 Å². The normalized spacial score (nSPS) is 26.3. The molecule has 2 aliphatic heterocycles. The van der Waals surface area contributed by atoms with E-state index in [1.165, 1.54) is 0 Å². The van der Waals surface area contributed by atoms with Gasteiger partial charge in [0.1, 0.15) is 0 Å². The SMILES string of the molecule is O=C(CN1CCOC(c2cccc(Br)c2)C1)NC1CCC2(CC1)OCCO2. The molecule has 148 valence electrons. The Hall–Kier alpha value is -0.990. The molecule has 0 radical (unpaired) electrons. The minimum atomic E-state index is -0.372. The molecule has 1 spiro atoms. The molecular weight excluding hydrogens is 412 g/mol. The average molecular weight is 439 g/mol. The van der Waals surface area contributed by atoms with Gasteiger partial charge in [-0.05, 0) is 30.5 Å². The van der Waals surface area contributed by atoms with Gasteiger partial charge in [0.2, 0.25) is 5.91 Å². The van der Waals surface area contributed by atoms with Crippen molar-refractivity contribution in [2.24, 2.45) is 0 Å². The summed E-state index contributed by atoms with van der Waals surface area (Å²) >= 11 is 3.51. The van der Waals surface area contributed by atoms with Crippen molar-refractivity contribution in [3.63, 3.8) is 0 Å². The van der Waals surface area contributed by atoms with E-state index in [1.807, 2.05) is 12.1 Å². The van der Waals surface area contributed by atoms with Crippen molar-refractivity contribution in [2.45, 2.75) is 43.6 Å². The van der Waals surface area contributed by atoms with Gasteiger partial charge in [0.05, 0.1) is 32.5 Å². The lowest BCUT2D eigenvalue weighted by atomic mass is 9.90. The molecule has 4 rings (SSSR count). The Morgan fingerprint density at radius 2 is 2.00 bits per heavy atom. The monoisotopic (exact) mass is 438 g/mol. The number of morpholine rings is 1. The number of hydrogen-bond acceptors (Lipinski definition) is 5. The highest BCUT2D eigenvalue weighted by Crippen LogP contribution is 2.35. The maximum atomic E-state index is 12.5. The zero-order valence-corrected chi connectivity index (χ0v) is 17.1. The van der Waals surface area contributed by atoms with Crippen LogP contribution in [-0.4, -0.2) is 62.1 Å². The van der Waals surface area contributed by atoms with Gasteiger partial charge in [-0.3, -0.25) is 9.69 Å². The first-order valence-corrected chi connectivity index (χ1v) is 10.6. The molecule has 7 heteroatoms. The molecule has 27 heavy (non-hydrogen) atoms. The number of carbonyl (C=O) groups excluding carboxylic acids is 1. The predicted molar refractivity (Wildman–Crippen MR) is 104 cm³/mol. The molecule has 2 saturated heterocycles. The quantitative estimate of drug-likeness (QED) is 0.782. The molecule has 1 atom stereocenters. The summed E-state index contributed by atoms with van der Waals surface area (Å²) < 4.78 is 18.5. The van der Waals surface area contributed by atoms with Crippen molar-refractivity contribution in [3.05, 3.63) is 34.3 Å². The molecule has 0 aromatic heterocycles. The van der Waals surface area contributed by atoms with Gasteiger partial charge in [0, 0.05) is 36.4 Å². The van der Waals surface area contributed by atoms with Gasteiger partial charge in [0.15, 0.2) is 5.79 Å². The van der Waals surface area contributed by atoms with Crippen molar-refractivity contribution >= 4 is 21.8 Å². The van der Waals surface area contributed by atoms with Crippen LogP contribution in [0.2, 0.25) is 0 Å². The third kappa shape index (κ3) is 4.90. The molecular formula is C20H27BrN2O4. The van der Waals surface area contributed by atoms with E-state index in [0.717, 1.165) is 48.8 Å². The molecule has 3 aliphatic rings. The molecule has 1 saturated carbocycles. The zero-order valence-electron chi connectivity index (χ0n) is 15.5. The predicted octanol–water partition coefficient (Wildman–Crippen LogP) is 2.62. The maximum absolute atomic E-state index is 12.5. The van der Waals surface area contributed by atoms with Crippen LogP contribution in [0.25, 0.3) is 0 Å². The van der Waals surface area contributed by atoms with E-state index in [-0.39, 0.29) is 23.8 Å². The molecule has 0 bridgehead atoms. The number of hydrogen-bond donors (Lipinski definition) is 1. The second kappa shape index (κ2) is 8.57. The van der Waals surface area contributed by atoms with Gasteiger partial charge in [-0.25, -0.2) is 0 Å². The summed E-state index contributed by atoms with van der Waals surface area (Å²) in [6.07, 6.45) is 3.56. The third-order valence-electron chi connectivity index (χ3n) is 5.66. The van der Waals surface area contributed by atoms with Crippen LogP contribution in [0, 0.1) is 0 Å². The van der Waals surface area contributed by atoms with Gasteiger partial charge < -0.3 is 19.5 Å². The lowest BCUT2D eigenvalue weighted by Gasteiger charge is -2.36. The van der Waals surface area contributed by atoms with E-state index in [9.17, 15) is 4.79 Å². The van der Waals surface area contributed by atoms with Crippen LogP contribution in [0.1, 0.15) is 37.4 Å². The van der Waals surface area contributed by atoms with Crippen LogP contribution >= 0.6 is 15.9 Å². The van der Waals surface area contributed by atoms with Crippen LogP contribution in [0.4, 0.5) is 0 Å². The Balaban J connectivity index is 1.24. The standard InChI is InChI=1S/C20H27BrN2O4/c21-16-3-1-2-15(12-16)18-13-23(8-9-25-18)14-19(24)22-17-4-6-20(7-5-17)26-10-11-27-20/h1-3,12,17-18H,4-11,13-14H2,(H,22,24). The molecule has 1 aromatic carbocycles. The molecule has 1 amide bonds. The van der Waals surface area contributed by atoms with Crippen molar-refractivity contribution in [1.29, 1.82) is 0 Å². The highest BCUT2D eigenvalue weighted by atomic mass is 79.9. The Labute approximate surface area is 168 Å². The number of nitrogens with zero attached hydrogens (tertiary/aromatic N) is 1. The number of amides is 1. The molecule has 1 aromatic rings. The van der Waals surface area contributed by atoms with E-state index >= 15 is 0 Å². The molecule has 6 nitrogen and oxygen atoms in total. The van der Waals surface area contributed by atoms with Crippen LogP contribution in [0.15, 0.2) is 28.7 Å². The first-order chi connectivity index (χ1) is 13.1. The molecule has 1 N–H and O–H groups in total. The third-order valence-corrected chi connectivity index (χ3v) is 6.16. The van der Waals surface area contributed by atoms with E-state index in [2.05, 4.69) is 38.3 Å². The fraction of sp³-hybridized carbons (Fsp3) is 0.650. The highest BCUT2D eigenvalue weighted by molar-refractivity contribution is 9.10. The maximum Gasteiger partial charge on any atom is 0.234 e. The van der Waals surface area contributed by atoms with Gasteiger partial charge in [-0.1, -0.05) is 28.1 Å². The van der Waals surface area contributed by atoms with Gasteiger partial charge in [-0.15, -0.1) is 0 Å². The highest BCUT2D eigenvalue weighted by Gasteiger charge is 2.40. The summed E-state index contributed by atoms with van der Waals surface area (Å²) in [7, 11) is 0. The van der Waals surface area contributed by atoms with Gasteiger partial charge in [0.25, 0.3) is 0 Å². The minimum Gasteiger partial charge on any atom is -0.371 e. The Bertz CT molecular complexity index is 655. The number of carbonyl (C=O) groups is 1. The number of halogens is 1.